The molecule has 0 saturated carbocycles. The molecule has 3 heteroatoms. The van der Waals surface area contributed by atoms with Crippen molar-refractivity contribution >= 4 is 0 Å². The first-order valence-electron chi connectivity index (χ1n) is 6.27. The van der Waals surface area contributed by atoms with Crippen molar-refractivity contribution in [3.63, 3.8) is 0 Å². The summed E-state index contributed by atoms with van der Waals surface area (Å²) >= 11 is 0. The quantitative estimate of drug-likeness (QED) is 0.912. The number of aryl methyl sites for hydroxylation is 2. The zero-order valence-corrected chi connectivity index (χ0v) is 11.2. The lowest BCUT2D eigenvalue weighted by atomic mass is 10.1. The van der Waals surface area contributed by atoms with Crippen molar-refractivity contribution in [3.05, 3.63) is 64.5 Å². The molecular weight excluding hydrogens is 241 g/mol. The minimum Gasteiger partial charge on any atom is -0.489 e. The number of benzene rings is 2. The van der Waals surface area contributed by atoms with Gasteiger partial charge in [-0.2, -0.15) is 0 Å². The highest BCUT2D eigenvalue weighted by molar-refractivity contribution is 5.36. The van der Waals surface area contributed by atoms with Gasteiger partial charge in [-0.1, -0.05) is 23.8 Å². The lowest BCUT2D eigenvalue weighted by Gasteiger charge is -2.10. The lowest BCUT2D eigenvalue weighted by Crippen LogP contribution is -2.03. The van der Waals surface area contributed by atoms with E-state index in [0.717, 1.165) is 16.9 Å². The number of hydrogen-bond donors (Lipinski definition) is 1. The van der Waals surface area contributed by atoms with Crippen LogP contribution in [-0.4, -0.2) is 0 Å². The summed E-state index contributed by atoms with van der Waals surface area (Å²) in [5, 5.41) is 0. The number of halogens is 1. The Balaban J connectivity index is 2.10. The first-order chi connectivity index (χ1) is 9.10. The highest BCUT2D eigenvalue weighted by atomic mass is 19.1. The van der Waals surface area contributed by atoms with Crippen molar-refractivity contribution in [2.45, 2.75) is 27.0 Å². The second kappa shape index (κ2) is 5.85. The van der Waals surface area contributed by atoms with Gasteiger partial charge in [0.2, 0.25) is 0 Å². The third-order valence-corrected chi connectivity index (χ3v) is 3.05. The molecule has 0 saturated heterocycles. The third kappa shape index (κ3) is 3.32. The van der Waals surface area contributed by atoms with Gasteiger partial charge in [-0.3, -0.25) is 0 Å². The molecule has 0 spiro atoms. The largest absolute Gasteiger partial charge is 0.489 e. The van der Waals surface area contributed by atoms with Gasteiger partial charge >= 0.3 is 0 Å². The molecule has 2 nitrogen and oxygen atoms in total. The normalized spacial score (nSPS) is 10.5. The molecule has 2 aromatic rings. The van der Waals surface area contributed by atoms with E-state index in [1.165, 1.54) is 11.6 Å². The monoisotopic (exact) mass is 259 g/mol. The number of ether oxygens (including phenoxy) is 1. The van der Waals surface area contributed by atoms with E-state index in [4.69, 9.17) is 10.5 Å². The first-order valence-corrected chi connectivity index (χ1v) is 6.27. The molecule has 0 radical (unpaired) electrons. The van der Waals surface area contributed by atoms with Crippen LogP contribution in [0.2, 0.25) is 0 Å². The van der Waals surface area contributed by atoms with E-state index in [2.05, 4.69) is 6.07 Å². The average molecular weight is 259 g/mol. The summed E-state index contributed by atoms with van der Waals surface area (Å²) in [6.07, 6.45) is 0. The zero-order valence-electron chi connectivity index (χ0n) is 11.2. The van der Waals surface area contributed by atoms with Gasteiger partial charge in [0.15, 0.2) is 0 Å². The van der Waals surface area contributed by atoms with E-state index in [0.29, 0.717) is 12.2 Å². The topological polar surface area (TPSA) is 35.2 Å². The predicted octanol–water partition coefficient (Wildman–Crippen LogP) is 3.48. The number of rotatable bonds is 4. The molecule has 0 aliphatic rings. The van der Waals surface area contributed by atoms with Gasteiger partial charge < -0.3 is 10.5 Å². The van der Waals surface area contributed by atoms with Crippen LogP contribution in [0.4, 0.5) is 4.39 Å². The van der Waals surface area contributed by atoms with E-state index in [9.17, 15) is 4.39 Å². The van der Waals surface area contributed by atoms with Crippen molar-refractivity contribution in [2.75, 3.05) is 0 Å². The molecule has 2 N–H and O–H groups in total. The molecule has 100 valence electrons. The minimum atomic E-state index is -0.266. The van der Waals surface area contributed by atoms with Crippen molar-refractivity contribution < 1.29 is 9.13 Å². The molecule has 0 atom stereocenters. The van der Waals surface area contributed by atoms with Gasteiger partial charge in [-0.25, -0.2) is 4.39 Å². The minimum absolute atomic E-state index is 0.198. The molecule has 0 aromatic heterocycles. The standard InChI is InChI=1S/C16H18FNO/c1-11-3-6-16(12(2)7-11)19-10-13-4-5-15(17)14(8-13)9-18/h3-8H,9-10,18H2,1-2H3. The van der Waals surface area contributed by atoms with Crippen LogP contribution in [0.15, 0.2) is 36.4 Å². The van der Waals surface area contributed by atoms with E-state index in [-0.39, 0.29) is 12.4 Å². The second-order valence-corrected chi connectivity index (χ2v) is 4.69. The molecule has 0 fully saturated rings. The summed E-state index contributed by atoms with van der Waals surface area (Å²) in [4.78, 5) is 0. The number of nitrogens with two attached hydrogens (primary N) is 1. The summed E-state index contributed by atoms with van der Waals surface area (Å²) in [6, 6.07) is 10.9. The van der Waals surface area contributed by atoms with E-state index in [1.54, 1.807) is 12.1 Å². The van der Waals surface area contributed by atoms with E-state index in [1.807, 2.05) is 26.0 Å². The van der Waals surface area contributed by atoms with Crippen LogP contribution in [0.1, 0.15) is 22.3 Å². The fourth-order valence-corrected chi connectivity index (χ4v) is 2.00. The van der Waals surface area contributed by atoms with Gasteiger partial charge in [0.1, 0.15) is 18.2 Å². The molecule has 0 heterocycles. The van der Waals surface area contributed by atoms with E-state index < -0.39 is 0 Å². The van der Waals surface area contributed by atoms with Crippen LogP contribution >= 0.6 is 0 Å². The fraction of sp³-hybridized carbons (Fsp3) is 0.250. The molecule has 2 rings (SSSR count). The van der Waals surface area contributed by atoms with Crippen LogP contribution < -0.4 is 10.5 Å². The summed E-state index contributed by atoms with van der Waals surface area (Å²) in [7, 11) is 0. The molecule has 0 bridgehead atoms. The van der Waals surface area contributed by atoms with Crippen LogP contribution in [0.3, 0.4) is 0 Å². The van der Waals surface area contributed by atoms with Crippen LogP contribution in [0.25, 0.3) is 0 Å². The summed E-state index contributed by atoms with van der Waals surface area (Å²) in [5.41, 5.74) is 9.22. The molecule has 0 unspecified atom stereocenters. The van der Waals surface area contributed by atoms with Gasteiger partial charge in [0.05, 0.1) is 0 Å². The molecule has 0 aliphatic heterocycles. The molecule has 19 heavy (non-hydrogen) atoms. The second-order valence-electron chi connectivity index (χ2n) is 4.69. The van der Waals surface area contributed by atoms with Crippen LogP contribution in [-0.2, 0) is 13.2 Å². The average Bonchev–Trinajstić information content (AvgIpc) is 2.39. The highest BCUT2D eigenvalue weighted by Crippen LogP contribution is 2.20. The Morgan fingerprint density at radius 1 is 1.11 bits per heavy atom. The lowest BCUT2D eigenvalue weighted by molar-refractivity contribution is 0.303. The molecule has 0 aliphatic carbocycles. The maximum Gasteiger partial charge on any atom is 0.127 e. The number of hydrogen-bond acceptors (Lipinski definition) is 2. The van der Waals surface area contributed by atoms with E-state index >= 15 is 0 Å². The van der Waals surface area contributed by atoms with Gasteiger partial charge in [0, 0.05) is 12.1 Å². The molecule has 0 amide bonds. The Morgan fingerprint density at radius 2 is 1.89 bits per heavy atom. The highest BCUT2D eigenvalue weighted by Gasteiger charge is 2.04. The smallest absolute Gasteiger partial charge is 0.127 e. The Bertz CT molecular complexity index is 581. The summed E-state index contributed by atoms with van der Waals surface area (Å²) in [6.45, 7) is 4.67. The Hall–Kier alpha value is -1.87. The van der Waals surface area contributed by atoms with Crippen LogP contribution in [0, 0.1) is 19.7 Å². The SMILES string of the molecule is Cc1ccc(OCc2ccc(F)c(CN)c2)c(C)c1. The van der Waals surface area contributed by atoms with Crippen LogP contribution in [0.5, 0.6) is 5.75 Å². The van der Waals surface area contributed by atoms with Crippen molar-refractivity contribution in [2.24, 2.45) is 5.73 Å². The van der Waals surface area contributed by atoms with Gasteiger partial charge in [-0.05, 0) is 43.2 Å². The molecular formula is C16H18FNO. The fourth-order valence-electron chi connectivity index (χ4n) is 2.00. The summed E-state index contributed by atoms with van der Waals surface area (Å²) in [5.74, 6) is 0.585. The molecule has 2 aromatic carbocycles. The van der Waals surface area contributed by atoms with Crippen molar-refractivity contribution in [1.29, 1.82) is 0 Å². The van der Waals surface area contributed by atoms with Gasteiger partial charge in [0.25, 0.3) is 0 Å². The third-order valence-electron chi connectivity index (χ3n) is 3.05. The van der Waals surface area contributed by atoms with Crippen molar-refractivity contribution in [3.8, 4) is 5.75 Å². The summed E-state index contributed by atoms with van der Waals surface area (Å²) < 4.78 is 19.1. The Kier molecular flexibility index (Phi) is 4.17. The zero-order chi connectivity index (χ0) is 13.8. The Labute approximate surface area is 113 Å². The van der Waals surface area contributed by atoms with Gasteiger partial charge in [-0.15, -0.1) is 0 Å². The maximum atomic E-state index is 13.3. The Morgan fingerprint density at radius 3 is 2.58 bits per heavy atom. The maximum absolute atomic E-state index is 13.3. The first kappa shape index (κ1) is 13.6. The van der Waals surface area contributed by atoms with Crippen molar-refractivity contribution in [1.82, 2.24) is 0 Å². The predicted molar refractivity (Wildman–Crippen MR) is 74.5 cm³/mol.